The molecule has 1 aromatic carbocycles. The van der Waals surface area contributed by atoms with Gasteiger partial charge >= 0.3 is 0 Å². The zero-order chi connectivity index (χ0) is 11.4. The smallest absolute Gasteiger partial charge is 0.0949 e. The van der Waals surface area contributed by atoms with E-state index in [4.69, 9.17) is 4.74 Å². The second kappa shape index (κ2) is 5.43. The topological polar surface area (TPSA) is 41.5 Å². The van der Waals surface area contributed by atoms with Crippen LogP contribution in [-0.4, -0.2) is 30.9 Å². The van der Waals surface area contributed by atoms with Gasteiger partial charge in [-0.3, -0.25) is 0 Å². The van der Waals surface area contributed by atoms with Crippen LogP contribution in [0.5, 0.6) is 0 Å². The third-order valence-electron chi connectivity index (χ3n) is 2.78. The number of aliphatic hydroxyl groups excluding tert-OH is 1. The monoisotopic (exact) mass is 221 g/mol. The summed E-state index contributed by atoms with van der Waals surface area (Å²) in [6.07, 6.45) is 0.567. The second-order valence-corrected chi connectivity index (χ2v) is 4.36. The summed E-state index contributed by atoms with van der Waals surface area (Å²) >= 11 is 0. The van der Waals surface area contributed by atoms with E-state index >= 15 is 0 Å². The van der Waals surface area contributed by atoms with E-state index in [2.05, 4.69) is 17.4 Å². The van der Waals surface area contributed by atoms with E-state index < -0.39 is 0 Å². The van der Waals surface area contributed by atoms with Crippen LogP contribution in [0.3, 0.4) is 0 Å². The number of benzene rings is 1. The van der Waals surface area contributed by atoms with Gasteiger partial charge in [0.1, 0.15) is 0 Å². The van der Waals surface area contributed by atoms with Gasteiger partial charge in [-0.1, -0.05) is 24.3 Å². The molecule has 1 aliphatic heterocycles. The number of hydrogen-bond acceptors (Lipinski definition) is 3. The highest BCUT2D eigenvalue weighted by Gasteiger charge is 2.15. The summed E-state index contributed by atoms with van der Waals surface area (Å²) in [5, 5.41) is 12.7. The fourth-order valence-electron chi connectivity index (χ4n) is 2.04. The lowest BCUT2D eigenvalue weighted by Crippen LogP contribution is -2.33. The summed E-state index contributed by atoms with van der Waals surface area (Å²) in [4.78, 5) is 0. The highest BCUT2D eigenvalue weighted by Crippen LogP contribution is 2.20. The summed E-state index contributed by atoms with van der Waals surface area (Å²) in [6.45, 7) is 4.39. The van der Waals surface area contributed by atoms with Crippen LogP contribution in [0.4, 0.5) is 0 Å². The maximum atomic E-state index is 9.36. The van der Waals surface area contributed by atoms with Crippen LogP contribution in [-0.2, 0) is 11.2 Å². The van der Waals surface area contributed by atoms with E-state index in [1.54, 1.807) is 0 Å². The van der Waals surface area contributed by atoms with Gasteiger partial charge in [0.2, 0.25) is 0 Å². The molecule has 16 heavy (non-hydrogen) atoms. The highest BCUT2D eigenvalue weighted by atomic mass is 16.5. The molecule has 3 nitrogen and oxygen atoms in total. The number of rotatable bonds is 3. The molecule has 0 aromatic heterocycles. The van der Waals surface area contributed by atoms with Crippen molar-refractivity contribution in [2.45, 2.75) is 25.6 Å². The van der Waals surface area contributed by atoms with Crippen LogP contribution in [0.25, 0.3) is 0 Å². The standard InChI is InChI=1S/C13H19NO2/c1-10(15)7-11-3-2-4-12(8-11)13-9-14-5-6-16-13/h2-4,8,10,13-15H,5-7,9H2,1H3. The number of morpholine rings is 1. The number of nitrogens with one attached hydrogen (secondary N) is 1. The Bertz CT molecular complexity index is 332. The van der Waals surface area contributed by atoms with Crippen molar-refractivity contribution in [2.24, 2.45) is 0 Å². The van der Waals surface area contributed by atoms with Crippen LogP contribution in [0.1, 0.15) is 24.2 Å². The van der Waals surface area contributed by atoms with Gasteiger partial charge in [0, 0.05) is 13.1 Å². The fraction of sp³-hybridized carbons (Fsp3) is 0.538. The first-order valence-electron chi connectivity index (χ1n) is 5.85. The average Bonchev–Trinajstić information content (AvgIpc) is 2.30. The lowest BCUT2D eigenvalue weighted by Gasteiger charge is -2.24. The predicted octanol–water partition coefficient (Wildman–Crippen LogP) is 1.27. The van der Waals surface area contributed by atoms with Crippen molar-refractivity contribution in [3.8, 4) is 0 Å². The maximum Gasteiger partial charge on any atom is 0.0949 e. The molecule has 2 unspecified atom stereocenters. The van der Waals surface area contributed by atoms with Crippen LogP contribution < -0.4 is 5.32 Å². The van der Waals surface area contributed by atoms with E-state index in [1.807, 2.05) is 19.1 Å². The molecule has 1 saturated heterocycles. The van der Waals surface area contributed by atoms with Crippen molar-refractivity contribution < 1.29 is 9.84 Å². The summed E-state index contributed by atoms with van der Waals surface area (Å²) in [7, 11) is 0. The molecule has 2 N–H and O–H groups in total. The van der Waals surface area contributed by atoms with Gasteiger partial charge in [0.15, 0.2) is 0 Å². The predicted molar refractivity (Wildman–Crippen MR) is 63.4 cm³/mol. The molecular weight excluding hydrogens is 202 g/mol. The molecule has 1 heterocycles. The van der Waals surface area contributed by atoms with Crippen LogP contribution >= 0.6 is 0 Å². The van der Waals surface area contributed by atoms with Crippen molar-refractivity contribution in [2.75, 3.05) is 19.7 Å². The van der Waals surface area contributed by atoms with Gasteiger partial charge in [-0.05, 0) is 24.5 Å². The zero-order valence-corrected chi connectivity index (χ0v) is 9.65. The summed E-state index contributed by atoms with van der Waals surface area (Å²) in [5.41, 5.74) is 2.37. The third kappa shape index (κ3) is 3.04. The minimum Gasteiger partial charge on any atom is -0.393 e. The van der Waals surface area contributed by atoms with E-state index in [1.165, 1.54) is 11.1 Å². The van der Waals surface area contributed by atoms with Gasteiger partial charge in [0.05, 0.1) is 18.8 Å². The van der Waals surface area contributed by atoms with Crippen LogP contribution in [0.15, 0.2) is 24.3 Å². The Morgan fingerprint density at radius 1 is 1.56 bits per heavy atom. The quantitative estimate of drug-likeness (QED) is 0.807. The lowest BCUT2D eigenvalue weighted by atomic mass is 10.0. The SMILES string of the molecule is CC(O)Cc1cccc(C2CNCCO2)c1. The van der Waals surface area contributed by atoms with Gasteiger partial charge in [-0.15, -0.1) is 0 Å². The minimum absolute atomic E-state index is 0.155. The Labute approximate surface area is 96.4 Å². The lowest BCUT2D eigenvalue weighted by molar-refractivity contribution is 0.0276. The number of hydrogen-bond donors (Lipinski definition) is 2. The zero-order valence-electron chi connectivity index (χ0n) is 9.65. The second-order valence-electron chi connectivity index (χ2n) is 4.36. The Hall–Kier alpha value is -0.900. The number of ether oxygens (including phenoxy) is 1. The summed E-state index contributed by atoms with van der Waals surface area (Å²) < 4.78 is 5.70. The first kappa shape index (κ1) is 11.6. The Kier molecular flexibility index (Phi) is 3.93. The molecule has 2 rings (SSSR count). The first-order valence-corrected chi connectivity index (χ1v) is 5.85. The van der Waals surface area contributed by atoms with Crippen LogP contribution in [0.2, 0.25) is 0 Å². The Morgan fingerprint density at radius 2 is 2.44 bits per heavy atom. The molecule has 0 aliphatic carbocycles. The largest absolute Gasteiger partial charge is 0.393 e. The van der Waals surface area contributed by atoms with Crippen molar-refractivity contribution in [3.05, 3.63) is 35.4 Å². The van der Waals surface area contributed by atoms with Gasteiger partial charge in [-0.25, -0.2) is 0 Å². The van der Waals surface area contributed by atoms with Gasteiger partial charge < -0.3 is 15.2 Å². The molecule has 2 atom stereocenters. The first-order chi connectivity index (χ1) is 7.75. The van der Waals surface area contributed by atoms with Gasteiger partial charge in [0.25, 0.3) is 0 Å². The molecular formula is C13H19NO2. The molecule has 0 saturated carbocycles. The Balaban J connectivity index is 2.08. The van der Waals surface area contributed by atoms with E-state index in [9.17, 15) is 5.11 Å². The molecule has 0 spiro atoms. The molecule has 0 bridgehead atoms. The van der Waals surface area contributed by atoms with E-state index in [0.717, 1.165) is 19.7 Å². The molecule has 1 fully saturated rings. The molecule has 1 aliphatic rings. The molecule has 3 heteroatoms. The van der Waals surface area contributed by atoms with Crippen molar-refractivity contribution in [3.63, 3.8) is 0 Å². The fourth-order valence-corrected chi connectivity index (χ4v) is 2.04. The summed E-state index contributed by atoms with van der Waals surface area (Å²) in [5.74, 6) is 0. The molecule has 1 aromatic rings. The van der Waals surface area contributed by atoms with E-state index in [-0.39, 0.29) is 12.2 Å². The average molecular weight is 221 g/mol. The maximum absolute atomic E-state index is 9.36. The molecule has 0 radical (unpaired) electrons. The Morgan fingerprint density at radius 3 is 3.12 bits per heavy atom. The van der Waals surface area contributed by atoms with Crippen molar-refractivity contribution in [1.29, 1.82) is 0 Å². The van der Waals surface area contributed by atoms with Crippen molar-refractivity contribution >= 4 is 0 Å². The minimum atomic E-state index is -0.291. The normalized spacial score (nSPS) is 23.0. The number of aliphatic hydroxyl groups is 1. The van der Waals surface area contributed by atoms with Crippen LogP contribution in [0, 0.1) is 0 Å². The summed E-state index contributed by atoms with van der Waals surface area (Å²) in [6, 6.07) is 8.30. The molecule has 0 amide bonds. The highest BCUT2D eigenvalue weighted by molar-refractivity contribution is 5.26. The molecule has 88 valence electrons. The van der Waals surface area contributed by atoms with Gasteiger partial charge in [-0.2, -0.15) is 0 Å². The van der Waals surface area contributed by atoms with E-state index in [0.29, 0.717) is 6.42 Å². The van der Waals surface area contributed by atoms with Crippen molar-refractivity contribution in [1.82, 2.24) is 5.32 Å². The third-order valence-corrected chi connectivity index (χ3v) is 2.78.